The van der Waals surface area contributed by atoms with Crippen LogP contribution in [0.2, 0.25) is 0 Å². The van der Waals surface area contributed by atoms with Gasteiger partial charge in [0.1, 0.15) is 11.8 Å². The summed E-state index contributed by atoms with van der Waals surface area (Å²) in [4.78, 5) is 30.6. The number of amides is 2. The van der Waals surface area contributed by atoms with Crippen LogP contribution in [0.4, 0.5) is 0 Å². The maximum atomic E-state index is 12.5. The smallest absolute Gasteiger partial charge is 0.274 e. The maximum absolute atomic E-state index is 12.5. The Labute approximate surface area is 146 Å². The number of nitrogens with one attached hydrogen (secondary N) is 1. The minimum Gasteiger partial charge on any atom is -0.497 e. The molecule has 0 radical (unpaired) electrons. The van der Waals surface area contributed by atoms with E-state index < -0.39 is 11.9 Å². The summed E-state index contributed by atoms with van der Waals surface area (Å²) in [5.41, 5.74) is 0.869. The fourth-order valence-electron chi connectivity index (χ4n) is 2.89. The van der Waals surface area contributed by atoms with Crippen molar-refractivity contribution in [3.8, 4) is 17.1 Å². The van der Waals surface area contributed by atoms with E-state index in [1.54, 1.807) is 43.2 Å². The molecule has 0 bridgehead atoms. The highest BCUT2D eigenvalue weighted by atomic mass is 16.5. The normalized spacial score (nSPS) is 15.0. The summed E-state index contributed by atoms with van der Waals surface area (Å²) < 4.78 is 10.5. The van der Waals surface area contributed by atoms with Gasteiger partial charge in [-0.3, -0.25) is 9.59 Å². The molecule has 1 aromatic heterocycles. The summed E-state index contributed by atoms with van der Waals surface area (Å²) in [6, 6.07) is 6.52. The SMILES string of the molecule is COc1ccc(-c2ocnc2C(=O)NC(C)C(=O)N2CCCC2)cc1. The van der Waals surface area contributed by atoms with Gasteiger partial charge < -0.3 is 19.4 Å². The van der Waals surface area contributed by atoms with Crippen molar-refractivity contribution in [2.45, 2.75) is 25.8 Å². The van der Waals surface area contributed by atoms with Crippen LogP contribution in [0.3, 0.4) is 0 Å². The summed E-state index contributed by atoms with van der Waals surface area (Å²) >= 11 is 0. The van der Waals surface area contributed by atoms with Gasteiger partial charge in [0.25, 0.3) is 5.91 Å². The Bertz CT molecular complexity index is 748. The molecule has 2 amide bonds. The van der Waals surface area contributed by atoms with Gasteiger partial charge in [-0.1, -0.05) is 0 Å². The Morgan fingerprint density at radius 3 is 2.56 bits per heavy atom. The molecule has 7 nitrogen and oxygen atoms in total. The van der Waals surface area contributed by atoms with Crippen molar-refractivity contribution in [1.82, 2.24) is 15.2 Å². The van der Waals surface area contributed by atoms with Crippen LogP contribution in [0, 0.1) is 0 Å². The van der Waals surface area contributed by atoms with Crippen molar-refractivity contribution in [3.63, 3.8) is 0 Å². The summed E-state index contributed by atoms with van der Waals surface area (Å²) in [5, 5.41) is 2.71. The van der Waals surface area contributed by atoms with Gasteiger partial charge in [-0.2, -0.15) is 0 Å². The number of nitrogens with zero attached hydrogens (tertiary/aromatic N) is 2. The highest BCUT2D eigenvalue weighted by Crippen LogP contribution is 2.25. The molecule has 25 heavy (non-hydrogen) atoms. The van der Waals surface area contributed by atoms with Crippen LogP contribution < -0.4 is 10.1 Å². The lowest BCUT2D eigenvalue weighted by Crippen LogP contribution is -2.46. The van der Waals surface area contributed by atoms with Crippen molar-refractivity contribution < 1.29 is 18.7 Å². The van der Waals surface area contributed by atoms with Crippen LogP contribution in [-0.4, -0.2) is 47.9 Å². The lowest BCUT2D eigenvalue weighted by molar-refractivity contribution is -0.131. The molecule has 132 valence electrons. The van der Waals surface area contributed by atoms with Gasteiger partial charge in [0, 0.05) is 18.7 Å². The highest BCUT2D eigenvalue weighted by molar-refractivity contribution is 6.00. The van der Waals surface area contributed by atoms with Gasteiger partial charge in [0.05, 0.1) is 7.11 Å². The Hall–Kier alpha value is -2.83. The number of carbonyl (C=O) groups is 2. The summed E-state index contributed by atoms with van der Waals surface area (Å²) in [6.07, 6.45) is 3.25. The standard InChI is InChI=1S/C18H21N3O4/c1-12(18(23)21-9-3-4-10-21)20-17(22)15-16(25-11-19-15)13-5-7-14(24-2)8-6-13/h5-8,11-12H,3-4,9-10H2,1-2H3,(H,20,22). The molecule has 1 aliphatic rings. The number of methoxy groups -OCH3 is 1. The Kier molecular flexibility index (Phi) is 5.02. The van der Waals surface area contributed by atoms with Gasteiger partial charge in [-0.25, -0.2) is 4.98 Å². The second-order valence-electron chi connectivity index (χ2n) is 5.99. The first-order valence-electron chi connectivity index (χ1n) is 8.27. The number of oxazole rings is 1. The summed E-state index contributed by atoms with van der Waals surface area (Å²) in [6.45, 7) is 3.19. The van der Waals surface area contributed by atoms with Crippen molar-refractivity contribution in [3.05, 3.63) is 36.4 Å². The van der Waals surface area contributed by atoms with E-state index >= 15 is 0 Å². The Morgan fingerprint density at radius 2 is 1.92 bits per heavy atom. The molecule has 1 N–H and O–H groups in total. The number of rotatable bonds is 5. The molecule has 0 saturated carbocycles. The zero-order valence-electron chi connectivity index (χ0n) is 14.3. The quantitative estimate of drug-likeness (QED) is 0.898. The van der Waals surface area contributed by atoms with Crippen LogP contribution in [0.25, 0.3) is 11.3 Å². The third kappa shape index (κ3) is 3.65. The van der Waals surface area contributed by atoms with Gasteiger partial charge >= 0.3 is 0 Å². The first-order valence-corrected chi connectivity index (χ1v) is 8.27. The van der Waals surface area contributed by atoms with Crippen molar-refractivity contribution >= 4 is 11.8 Å². The van der Waals surface area contributed by atoms with Crippen molar-refractivity contribution in [2.24, 2.45) is 0 Å². The number of ether oxygens (including phenoxy) is 1. The molecule has 1 fully saturated rings. The molecule has 1 atom stereocenters. The predicted molar refractivity (Wildman–Crippen MR) is 91.2 cm³/mol. The minimum absolute atomic E-state index is 0.0691. The third-order valence-corrected chi connectivity index (χ3v) is 4.27. The lowest BCUT2D eigenvalue weighted by Gasteiger charge is -2.20. The Morgan fingerprint density at radius 1 is 1.24 bits per heavy atom. The summed E-state index contributed by atoms with van der Waals surface area (Å²) in [5.74, 6) is 0.569. The lowest BCUT2D eigenvalue weighted by atomic mass is 10.1. The number of benzene rings is 1. The largest absolute Gasteiger partial charge is 0.497 e. The average molecular weight is 343 g/mol. The molecule has 7 heteroatoms. The topological polar surface area (TPSA) is 84.7 Å². The third-order valence-electron chi connectivity index (χ3n) is 4.27. The minimum atomic E-state index is -0.606. The number of hydrogen-bond donors (Lipinski definition) is 1. The van der Waals surface area contributed by atoms with E-state index in [0.717, 1.165) is 25.9 Å². The molecule has 1 aromatic carbocycles. The second-order valence-corrected chi connectivity index (χ2v) is 5.99. The number of hydrogen-bond acceptors (Lipinski definition) is 5. The molecule has 3 rings (SSSR count). The zero-order valence-corrected chi connectivity index (χ0v) is 14.3. The van der Waals surface area contributed by atoms with E-state index in [-0.39, 0.29) is 11.6 Å². The number of aromatic nitrogens is 1. The summed E-state index contributed by atoms with van der Waals surface area (Å²) in [7, 11) is 1.58. The van der Waals surface area contributed by atoms with E-state index in [1.807, 2.05) is 0 Å². The number of carbonyl (C=O) groups excluding carboxylic acids is 2. The fraction of sp³-hybridized carbons (Fsp3) is 0.389. The van der Waals surface area contributed by atoms with Crippen molar-refractivity contribution in [1.29, 1.82) is 0 Å². The second kappa shape index (κ2) is 7.38. The van der Waals surface area contributed by atoms with Gasteiger partial charge in [-0.15, -0.1) is 0 Å². The van der Waals surface area contributed by atoms with Crippen LogP contribution in [0.5, 0.6) is 5.75 Å². The fourth-order valence-corrected chi connectivity index (χ4v) is 2.89. The molecule has 0 spiro atoms. The monoisotopic (exact) mass is 343 g/mol. The van der Waals surface area contributed by atoms with Crippen LogP contribution >= 0.6 is 0 Å². The van der Waals surface area contributed by atoms with E-state index in [0.29, 0.717) is 17.1 Å². The molecule has 0 aliphatic carbocycles. The zero-order chi connectivity index (χ0) is 17.8. The van der Waals surface area contributed by atoms with Crippen LogP contribution in [0.15, 0.2) is 35.1 Å². The van der Waals surface area contributed by atoms with E-state index in [1.165, 1.54) is 6.39 Å². The van der Waals surface area contributed by atoms with Crippen LogP contribution in [0.1, 0.15) is 30.3 Å². The highest BCUT2D eigenvalue weighted by Gasteiger charge is 2.26. The molecule has 2 heterocycles. The van der Waals surface area contributed by atoms with E-state index in [9.17, 15) is 9.59 Å². The average Bonchev–Trinajstić information content (AvgIpc) is 3.32. The van der Waals surface area contributed by atoms with Gasteiger partial charge in [-0.05, 0) is 44.0 Å². The Balaban J connectivity index is 1.72. The van der Waals surface area contributed by atoms with E-state index in [2.05, 4.69) is 10.3 Å². The first-order chi connectivity index (χ1) is 12.1. The van der Waals surface area contributed by atoms with Gasteiger partial charge in [0.2, 0.25) is 5.91 Å². The molecular weight excluding hydrogens is 322 g/mol. The van der Waals surface area contributed by atoms with Crippen LogP contribution in [-0.2, 0) is 4.79 Å². The van der Waals surface area contributed by atoms with Gasteiger partial charge in [0.15, 0.2) is 17.8 Å². The maximum Gasteiger partial charge on any atom is 0.274 e. The first kappa shape index (κ1) is 17.0. The predicted octanol–water partition coefficient (Wildman–Crippen LogP) is 2.09. The van der Waals surface area contributed by atoms with E-state index in [4.69, 9.17) is 9.15 Å². The van der Waals surface area contributed by atoms with Crippen molar-refractivity contribution in [2.75, 3.05) is 20.2 Å². The molecular formula is C18H21N3O4. The molecule has 1 unspecified atom stereocenters. The molecule has 1 saturated heterocycles. The number of likely N-dealkylation sites (tertiary alicyclic amines) is 1. The molecule has 2 aromatic rings. The molecule has 1 aliphatic heterocycles.